The summed E-state index contributed by atoms with van der Waals surface area (Å²) in [5.74, 6) is 0.939. The maximum absolute atomic E-state index is 2.58. The Morgan fingerprint density at radius 1 is 0.632 bits per heavy atom. The molecule has 3 aliphatic carbocycles. The van der Waals surface area contributed by atoms with Gasteiger partial charge in [0.15, 0.2) is 0 Å². The molecule has 0 heteroatoms. The number of unbranched alkanes of at least 4 members (excludes halogenated alkanes) is 1. The number of hydrogen-bond acceptors (Lipinski definition) is 0. The maximum atomic E-state index is 2.58. The van der Waals surface area contributed by atoms with Crippen molar-refractivity contribution in [1.82, 2.24) is 0 Å². The summed E-state index contributed by atoms with van der Waals surface area (Å²) >= 11 is 0. The Morgan fingerprint density at radius 2 is 1.33 bits per heavy atom. The first-order valence-corrected chi connectivity index (χ1v) is 21.5. The number of aryl methyl sites for hydroxylation is 6. The van der Waals surface area contributed by atoms with Gasteiger partial charge in [-0.25, -0.2) is 0 Å². The van der Waals surface area contributed by atoms with Gasteiger partial charge in [0.1, 0.15) is 0 Å². The molecule has 0 saturated carbocycles. The van der Waals surface area contributed by atoms with E-state index in [2.05, 4.69) is 190 Å². The van der Waals surface area contributed by atoms with E-state index in [0.717, 1.165) is 19.3 Å². The van der Waals surface area contributed by atoms with Crippen molar-refractivity contribution in [2.75, 3.05) is 0 Å². The molecular weight excluding hydrogens is 685 g/mol. The molecule has 4 aromatic rings. The monoisotopic (exact) mass is 746 g/mol. The zero-order chi connectivity index (χ0) is 40.2. The zero-order valence-electron chi connectivity index (χ0n) is 36.0. The minimum atomic E-state index is 0.374. The summed E-state index contributed by atoms with van der Waals surface area (Å²) in [7, 11) is 0. The van der Waals surface area contributed by atoms with Crippen LogP contribution in [0.25, 0.3) is 45.2 Å². The third-order valence-electron chi connectivity index (χ3n) is 12.4. The van der Waals surface area contributed by atoms with Crippen molar-refractivity contribution in [3.8, 4) is 11.1 Å². The van der Waals surface area contributed by atoms with E-state index in [9.17, 15) is 0 Å². The Hall–Kier alpha value is -5.20. The van der Waals surface area contributed by atoms with Gasteiger partial charge in [0.05, 0.1) is 0 Å². The van der Waals surface area contributed by atoms with E-state index < -0.39 is 0 Å². The fourth-order valence-electron chi connectivity index (χ4n) is 9.77. The topological polar surface area (TPSA) is 0 Å². The number of benzene rings is 4. The summed E-state index contributed by atoms with van der Waals surface area (Å²) in [4.78, 5) is 0. The van der Waals surface area contributed by atoms with Gasteiger partial charge in [-0.2, -0.15) is 0 Å². The van der Waals surface area contributed by atoms with E-state index in [4.69, 9.17) is 0 Å². The summed E-state index contributed by atoms with van der Waals surface area (Å²) in [5, 5.41) is 2.63. The predicted octanol–water partition coefficient (Wildman–Crippen LogP) is 16.2. The lowest BCUT2D eigenvalue weighted by atomic mass is 9.80. The number of rotatable bonds is 6. The SMILES string of the molecule is CCCCC1CC=CC=C1C1=CCC(c2c(C)cc(C)cc2C)=Cc2c(cc(-c3c(C)cc(C)cc3C)c3cc4c(cc23)C(C)=CC=CC(C)C=CC=C4)CC=C1. The molecular formula is C57H62. The molecule has 0 amide bonds. The second-order valence-corrected chi connectivity index (χ2v) is 17.1. The molecule has 0 fully saturated rings. The average molecular weight is 747 g/mol. The highest BCUT2D eigenvalue weighted by Crippen LogP contribution is 2.43. The second-order valence-electron chi connectivity index (χ2n) is 17.1. The van der Waals surface area contributed by atoms with Gasteiger partial charge in [0.2, 0.25) is 0 Å². The normalized spacial score (nSPS) is 18.3. The third kappa shape index (κ3) is 8.72. The highest BCUT2D eigenvalue weighted by molar-refractivity contribution is 6.07. The fourth-order valence-corrected chi connectivity index (χ4v) is 9.77. The van der Waals surface area contributed by atoms with Crippen LogP contribution in [0.2, 0.25) is 0 Å². The van der Waals surface area contributed by atoms with Crippen LogP contribution in [0.3, 0.4) is 0 Å². The molecule has 0 heterocycles. The molecule has 0 aliphatic heterocycles. The summed E-state index contributed by atoms with van der Waals surface area (Å²) in [6.07, 6.45) is 39.5. The average Bonchev–Trinajstić information content (AvgIpc) is 3.19. The van der Waals surface area contributed by atoms with Crippen molar-refractivity contribution in [3.63, 3.8) is 0 Å². The van der Waals surface area contributed by atoms with E-state index >= 15 is 0 Å². The molecule has 0 N–H and O–H groups in total. The van der Waals surface area contributed by atoms with Gasteiger partial charge < -0.3 is 0 Å². The van der Waals surface area contributed by atoms with E-state index in [-0.39, 0.29) is 0 Å². The molecule has 0 nitrogen and oxygen atoms in total. The van der Waals surface area contributed by atoms with Crippen molar-refractivity contribution >= 4 is 34.1 Å². The highest BCUT2D eigenvalue weighted by Gasteiger charge is 2.22. The molecule has 7 rings (SSSR count). The fraction of sp³-hybridized carbons (Fsp3) is 0.298. The molecule has 0 radical (unpaired) electrons. The molecule has 2 atom stereocenters. The van der Waals surface area contributed by atoms with Crippen LogP contribution in [0, 0.1) is 53.4 Å². The van der Waals surface area contributed by atoms with Gasteiger partial charge in [-0.1, -0.05) is 141 Å². The second kappa shape index (κ2) is 17.5. The molecule has 0 saturated heterocycles. The largest absolute Gasteiger partial charge is 0.0839 e. The van der Waals surface area contributed by atoms with Crippen molar-refractivity contribution < 1.29 is 0 Å². The number of fused-ring (bicyclic) bond motifs is 4. The van der Waals surface area contributed by atoms with Crippen molar-refractivity contribution in [1.29, 1.82) is 0 Å². The van der Waals surface area contributed by atoms with Crippen LogP contribution in [0.15, 0.2) is 127 Å². The van der Waals surface area contributed by atoms with Crippen LogP contribution >= 0.6 is 0 Å². The van der Waals surface area contributed by atoms with Crippen molar-refractivity contribution in [2.45, 2.75) is 101 Å². The van der Waals surface area contributed by atoms with Crippen LogP contribution in [0.5, 0.6) is 0 Å². The third-order valence-corrected chi connectivity index (χ3v) is 12.4. The molecule has 3 aliphatic rings. The van der Waals surface area contributed by atoms with Crippen molar-refractivity contribution in [3.05, 3.63) is 188 Å². The smallest absolute Gasteiger partial charge is 0.00756 e. The van der Waals surface area contributed by atoms with Gasteiger partial charge in [0, 0.05) is 0 Å². The molecule has 2 unspecified atom stereocenters. The highest BCUT2D eigenvalue weighted by atomic mass is 14.3. The lowest BCUT2D eigenvalue weighted by molar-refractivity contribution is 0.537. The van der Waals surface area contributed by atoms with E-state index in [0.29, 0.717) is 11.8 Å². The number of allylic oxidation sites excluding steroid dienone is 16. The predicted molar refractivity (Wildman–Crippen MR) is 253 cm³/mol. The molecule has 4 aromatic carbocycles. The first-order valence-electron chi connectivity index (χ1n) is 21.5. The molecule has 0 bridgehead atoms. The standard InChI is InChI=1S/C57H62/c1-10-11-21-45-22-14-15-26-50(45)46-24-17-25-48-34-55(57-43(8)31-39(4)32-44(57)9)53-33-47-23-13-12-18-37(2)19-16-20-40(5)51(47)36-54(53)52(48)35-49(28-27-46)56-41(6)29-38(3)30-42(56)7/h12-20,23-24,26-27,29-37,45H,10-11,21-22,25,28H2,1-9H3. The molecule has 0 aromatic heterocycles. The maximum Gasteiger partial charge on any atom is -0.00756 e. The Bertz CT molecular complexity index is 2440. The Labute approximate surface area is 344 Å². The molecule has 57 heavy (non-hydrogen) atoms. The first kappa shape index (κ1) is 40.0. The Morgan fingerprint density at radius 3 is 2.05 bits per heavy atom. The minimum absolute atomic E-state index is 0.374. The Balaban J connectivity index is 1.56. The van der Waals surface area contributed by atoms with Crippen LogP contribution in [0.4, 0.5) is 0 Å². The van der Waals surface area contributed by atoms with Gasteiger partial charge in [-0.05, 0) is 205 Å². The van der Waals surface area contributed by atoms with E-state index in [1.165, 1.54) is 125 Å². The lowest BCUT2D eigenvalue weighted by Crippen LogP contribution is -2.08. The van der Waals surface area contributed by atoms with Gasteiger partial charge in [-0.3, -0.25) is 0 Å². The Kier molecular flexibility index (Phi) is 12.3. The quantitative estimate of drug-likeness (QED) is 0.184. The molecule has 0 spiro atoms. The number of hydrogen-bond donors (Lipinski definition) is 0. The minimum Gasteiger partial charge on any atom is -0.0839 e. The molecule has 290 valence electrons. The van der Waals surface area contributed by atoms with Crippen LogP contribution in [-0.4, -0.2) is 0 Å². The first-order chi connectivity index (χ1) is 27.5. The van der Waals surface area contributed by atoms with Gasteiger partial charge in [0.25, 0.3) is 0 Å². The zero-order valence-corrected chi connectivity index (χ0v) is 36.0. The van der Waals surface area contributed by atoms with E-state index in [1.54, 1.807) is 0 Å². The van der Waals surface area contributed by atoms with Gasteiger partial charge in [-0.15, -0.1) is 0 Å². The van der Waals surface area contributed by atoms with Crippen LogP contribution < -0.4 is 0 Å². The summed E-state index contributed by atoms with van der Waals surface area (Å²) < 4.78 is 0. The van der Waals surface area contributed by atoms with Crippen molar-refractivity contribution in [2.24, 2.45) is 11.8 Å². The summed E-state index contributed by atoms with van der Waals surface area (Å²) in [6.45, 7) is 20.5. The van der Waals surface area contributed by atoms with Crippen LogP contribution in [0.1, 0.15) is 114 Å². The van der Waals surface area contributed by atoms with Crippen LogP contribution in [-0.2, 0) is 6.42 Å². The van der Waals surface area contributed by atoms with E-state index in [1.807, 2.05) is 0 Å². The van der Waals surface area contributed by atoms with Gasteiger partial charge >= 0.3 is 0 Å². The summed E-state index contributed by atoms with van der Waals surface area (Å²) in [5.41, 5.74) is 22.9. The lowest BCUT2D eigenvalue weighted by Gasteiger charge is -2.24. The summed E-state index contributed by atoms with van der Waals surface area (Å²) in [6, 6.07) is 17.0.